The molecule has 120 valence electrons. The van der Waals surface area contributed by atoms with Crippen molar-refractivity contribution in [3.05, 3.63) is 30.1 Å². The minimum Gasteiger partial charge on any atom is -0.354 e. The Balaban J connectivity index is 1.54. The molecule has 1 fully saturated rings. The Kier molecular flexibility index (Phi) is 6.83. The largest absolute Gasteiger partial charge is 0.354 e. The Morgan fingerprint density at radius 1 is 1.23 bits per heavy atom. The molecule has 1 aromatic rings. The van der Waals surface area contributed by atoms with Gasteiger partial charge in [0.25, 0.3) is 5.91 Å². The number of aromatic nitrogens is 1. The molecule has 0 atom stereocenters. The van der Waals surface area contributed by atoms with Crippen LogP contribution in [0.15, 0.2) is 24.5 Å². The zero-order valence-corrected chi connectivity index (χ0v) is 12.8. The molecule has 1 aliphatic heterocycles. The van der Waals surface area contributed by atoms with E-state index in [1.54, 1.807) is 18.3 Å². The summed E-state index contributed by atoms with van der Waals surface area (Å²) in [7, 11) is 0. The predicted molar refractivity (Wildman–Crippen MR) is 84.4 cm³/mol. The Morgan fingerprint density at radius 2 is 2.00 bits per heavy atom. The summed E-state index contributed by atoms with van der Waals surface area (Å²) in [6.45, 7) is 3.00. The van der Waals surface area contributed by atoms with Gasteiger partial charge in [-0.05, 0) is 50.4 Å². The Morgan fingerprint density at radius 3 is 2.73 bits per heavy atom. The van der Waals surface area contributed by atoms with Crippen molar-refractivity contribution in [2.24, 2.45) is 5.92 Å². The molecule has 3 N–H and O–H groups in total. The van der Waals surface area contributed by atoms with Crippen LogP contribution in [-0.4, -0.2) is 43.0 Å². The van der Waals surface area contributed by atoms with E-state index >= 15 is 0 Å². The topological polar surface area (TPSA) is 83.1 Å². The van der Waals surface area contributed by atoms with Gasteiger partial charge < -0.3 is 16.0 Å². The summed E-state index contributed by atoms with van der Waals surface area (Å²) in [5, 5.41) is 8.93. The molecule has 2 rings (SSSR count). The molecule has 0 aliphatic carbocycles. The molecule has 0 saturated carbocycles. The fourth-order valence-electron chi connectivity index (χ4n) is 2.57. The van der Waals surface area contributed by atoms with Crippen molar-refractivity contribution in [3.8, 4) is 0 Å². The smallest absolute Gasteiger partial charge is 0.252 e. The molecule has 6 nitrogen and oxygen atoms in total. The normalized spacial score (nSPS) is 15.3. The van der Waals surface area contributed by atoms with Crippen molar-refractivity contribution in [3.63, 3.8) is 0 Å². The molecule has 0 bridgehead atoms. The van der Waals surface area contributed by atoms with Gasteiger partial charge in [0.15, 0.2) is 0 Å². The fourth-order valence-corrected chi connectivity index (χ4v) is 2.57. The summed E-state index contributed by atoms with van der Waals surface area (Å²) in [6.07, 6.45) is 6.99. The van der Waals surface area contributed by atoms with Gasteiger partial charge in [-0.15, -0.1) is 0 Å². The molecule has 1 aromatic heterocycles. The second kappa shape index (κ2) is 9.15. The second-order valence-electron chi connectivity index (χ2n) is 5.58. The van der Waals surface area contributed by atoms with Crippen molar-refractivity contribution in [1.29, 1.82) is 0 Å². The van der Waals surface area contributed by atoms with Crippen LogP contribution in [0.1, 0.15) is 36.0 Å². The van der Waals surface area contributed by atoms with Gasteiger partial charge in [0.05, 0.1) is 5.56 Å². The first kappa shape index (κ1) is 16.4. The molecular formula is C16H24N4O2. The highest BCUT2D eigenvalue weighted by Gasteiger charge is 2.14. The monoisotopic (exact) mass is 304 g/mol. The van der Waals surface area contributed by atoms with E-state index in [1.165, 1.54) is 6.20 Å². The molecule has 6 heteroatoms. The molecular weight excluding hydrogens is 280 g/mol. The third-order valence-electron chi connectivity index (χ3n) is 3.89. The predicted octanol–water partition coefficient (Wildman–Crippen LogP) is 0.707. The highest BCUT2D eigenvalue weighted by atomic mass is 16.2. The Hall–Kier alpha value is -1.95. The highest BCUT2D eigenvalue weighted by molar-refractivity contribution is 5.93. The Labute approximate surface area is 131 Å². The van der Waals surface area contributed by atoms with E-state index in [9.17, 15) is 9.59 Å². The lowest BCUT2D eigenvalue weighted by atomic mass is 9.93. The summed E-state index contributed by atoms with van der Waals surface area (Å²) in [4.78, 5) is 27.4. The standard InChI is InChI=1S/C16H24N4O2/c21-15(4-3-13-5-8-17-9-6-13)19-10-11-20-16(22)14-2-1-7-18-12-14/h1-2,7,12-13,17H,3-6,8-11H2,(H,19,21)(H,20,22). The maximum absolute atomic E-state index is 11.8. The van der Waals surface area contributed by atoms with Crippen LogP contribution in [0.4, 0.5) is 0 Å². The third kappa shape index (κ3) is 5.81. The van der Waals surface area contributed by atoms with Crippen molar-refractivity contribution in [2.45, 2.75) is 25.7 Å². The van der Waals surface area contributed by atoms with Crippen LogP contribution < -0.4 is 16.0 Å². The molecule has 1 aliphatic rings. The number of nitrogens with one attached hydrogen (secondary N) is 3. The lowest BCUT2D eigenvalue weighted by Gasteiger charge is -2.22. The van der Waals surface area contributed by atoms with Crippen molar-refractivity contribution >= 4 is 11.8 Å². The SMILES string of the molecule is O=C(CCC1CCNCC1)NCCNC(=O)c1cccnc1. The summed E-state index contributed by atoms with van der Waals surface area (Å²) in [5.74, 6) is 0.559. The van der Waals surface area contributed by atoms with Crippen LogP contribution >= 0.6 is 0 Å². The van der Waals surface area contributed by atoms with E-state index < -0.39 is 0 Å². The average molecular weight is 304 g/mol. The molecule has 0 spiro atoms. The summed E-state index contributed by atoms with van der Waals surface area (Å²) >= 11 is 0. The molecule has 0 aromatic carbocycles. The van der Waals surface area contributed by atoms with Gasteiger partial charge in [0.1, 0.15) is 0 Å². The first-order valence-corrected chi connectivity index (χ1v) is 7.91. The van der Waals surface area contributed by atoms with E-state index in [1.807, 2.05) is 0 Å². The number of amides is 2. The lowest BCUT2D eigenvalue weighted by Crippen LogP contribution is -2.35. The minimum atomic E-state index is -0.169. The van der Waals surface area contributed by atoms with E-state index in [0.717, 1.165) is 32.4 Å². The van der Waals surface area contributed by atoms with Gasteiger partial charge in [-0.2, -0.15) is 0 Å². The molecule has 0 radical (unpaired) electrons. The molecule has 1 saturated heterocycles. The van der Waals surface area contributed by atoms with E-state index in [0.29, 0.717) is 31.0 Å². The third-order valence-corrected chi connectivity index (χ3v) is 3.89. The molecule has 0 unspecified atom stereocenters. The first-order valence-electron chi connectivity index (χ1n) is 7.91. The zero-order valence-electron chi connectivity index (χ0n) is 12.8. The van der Waals surface area contributed by atoms with Gasteiger partial charge >= 0.3 is 0 Å². The summed E-state index contributed by atoms with van der Waals surface area (Å²) in [5.41, 5.74) is 0.528. The number of carbonyl (C=O) groups excluding carboxylic acids is 2. The van der Waals surface area contributed by atoms with Crippen LogP contribution in [0.3, 0.4) is 0 Å². The molecule has 2 amide bonds. The first-order chi connectivity index (χ1) is 10.8. The van der Waals surface area contributed by atoms with E-state index in [2.05, 4.69) is 20.9 Å². The maximum atomic E-state index is 11.8. The zero-order chi connectivity index (χ0) is 15.6. The number of pyridine rings is 1. The number of hydrogen-bond donors (Lipinski definition) is 3. The molecule has 22 heavy (non-hydrogen) atoms. The van der Waals surface area contributed by atoms with Crippen molar-refractivity contribution in [1.82, 2.24) is 20.9 Å². The maximum Gasteiger partial charge on any atom is 0.252 e. The summed E-state index contributed by atoms with van der Waals surface area (Å²) in [6, 6.07) is 3.43. The fraction of sp³-hybridized carbons (Fsp3) is 0.562. The lowest BCUT2D eigenvalue weighted by molar-refractivity contribution is -0.121. The Bertz CT molecular complexity index is 472. The second-order valence-corrected chi connectivity index (χ2v) is 5.58. The van der Waals surface area contributed by atoms with Crippen LogP contribution in [0.2, 0.25) is 0 Å². The van der Waals surface area contributed by atoms with Crippen molar-refractivity contribution in [2.75, 3.05) is 26.2 Å². The van der Waals surface area contributed by atoms with Crippen LogP contribution in [-0.2, 0) is 4.79 Å². The quantitative estimate of drug-likeness (QED) is 0.648. The average Bonchev–Trinajstić information content (AvgIpc) is 2.58. The van der Waals surface area contributed by atoms with Gasteiger partial charge in [-0.3, -0.25) is 14.6 Å². The minimum absolute atomic E-state index is 0.0640. The highest BCUT2D eigenvalue weighted by Crippen LogP contribution is 2.17. The number of rotatable bonds is 7. The van der Waals surface area contributed by atoms with Crippen LogP contribution in [0, 0.1) is 5.92 Å². The number of hydrogen-bond acceptors (Lipinski definition) is 4. The van der Waals surface area contributed by atoms with Gasteiger partial charge in [-0.1, -0.05) is 0 Å². The van der Waals surface area contributed by atoms with Crippen LogP contribution in [0.5, 0.6) is 0 Å². The number of nitrogens with zero attached hydrogens (tertiary/aromatic N) is 1. The van der Waals surface area contributed by atoms with Crippen molar-refractivity contribution < 1.29 is 9.59 Å². The van der Waals surface area contributed by atoms with Gasteiger partial charge in [0.2, 0.25) is 5.91 Å². The van der Waals surface area contributed by atoms with Gasteiger partial charge in [0, 0.05) is 31.9 Å². The van der Waals surface area contributed by atoms with E-state index in [-0.39, 0.29) is 11.8 Å². The van der Waals surface area contributed by atoms with Crippen LogP contribution in [0.25, 0.3) is 0 Å². The number of piperidine rings is 1. The van der Waals surface area contributed by atoms with E-state index in [4.69, 9.17) is 0 Å². The summed E-state index contributed by atoms with van der Waals surface area (Å²) < 4.78 is 0. The van der Waals surface area contributed by atoms with Gasteiger partial charge in [-0.25, -0.2) is 0 Å². The number of carbonyl (C=O) groups is 2. The molecule has 2 heterocycles.